The highest BCUT2D eigenvalue weighted by molar-refractivity contribution is 7.99. The molecule has 0 aliphatic carbocycles. The van der Waals surface area contributed by atoms with Gasteiger partial charge < -0.3 is 26.5 Å². The number of hydrogen-bond donors (Lipinski definition) is 0. The molecule has 5 rings (SSSR count). The second kappa shape index (κ2) is 7.37. The van der Waals surface area contributed by atoms with E-state index >= 15 is 0 Å². The third-order valence-corrected chi connectivity index (χ3v) is 5.64. The van der Waals surface area contributed by atoms with Crippen molar-refractivity contribution in [3.63, 3.8) is 0 Å². The van der Waals surface area contributed by atoms with E-state index in [1.165, 1.54) is 16.4 Å². The van der Waals surface area contributed by atoms with E-state index in [0.717, 1.165) is 35.9 Å². The van der Waals surface area contributed by atoms with Crippen LogP contribution in [0.4, 0.5) is 0 Å². The van der Waals surface area contributed by atoms with Gasteiger partial charge >= 0.3 is 5.16 Å². The van der Waals surface area contributed by atoms with E-state index in [-0.39, 0.29) is 17.0 Å². The van der Waals surface area contributed by atoms with Crippen molar-refractivity contribution in [1.82, 2.24) is 4.57 Å². The number of aromatic nitrogens is 2. The molecule has 2 aliphatic rings. The molecule has 134 valence electrons. The fourth-order valence-electron chi connectivity index (χ4n) is 3.39. The summed E-state index contributed by atoms with van der Waals surface area (Å²) in [5.74, 6) is 2.80. The van der Waals surface area contributed by atoms with Crippen molar-refractivity contribution in [2.75, 3.05) is 19.0 Å². The van der Waals surface area contributed by atoms with Crippen molar-refractivity contribution in [1.29, 1.82) is 0 Å². The summed E-state index contributed by atoms with van der Waals surface area (Å²) in [4.78, 5) is 0. The molecule has 0 saturated carbocycles. The van der Waals surface area contributed by atoms with Gasteiger partial charge in [0.25, 0.3) is 0 Å². The van der Waals surface area contributed by atoms with Crippen molar-refractivity contribution < 1.29 is 31.0 Å². The lowest BCUT2D eigenvalue weighted by Gasteiger charge is -2.09. The highest BCUT2D eigenvalue weighted by Gasteiger charge is 2.31. The summed E-state index contributed by atoms with van der Waals surface area (Å²) in [5.41, 5.74) is 3.54. The molecular formula is C20H19BrN2O2S. The van der Waals surface area contributed by atoms with Gasteiger partial charge in [0.15, 0.2) is 17.2 Å². The molecule has 0 spiro atoms. The van der Waals surface area contributed by atoms with Crippen molar-refractivity contribution in [2.24, 2.45) is 0 Å². The predicted octanol–water partition coefficient (Wildman–Crippen LogP) is 0.703. The van der Waals surface area contributed by atoms with Crippen LogP contribution in [0, 0.1) is 0 Å². The summed E-state index contributed by atoms with van der Waals surface area (Å²) in [6.45, 7) is 2.47. The number of hydrogen-bond acceptors (Lipinski definition) is 3. The van der Waals surface area contributed by atoms with E-state index in [2.05, 4.69) is 57.8 Å². The monoisotopic (exact) mass is 430 g/mol. The number of ether oxygens (including phenoxy) is 2. The Balaban J connectivity index is 0.00000168. The molecule has 0 bridgehead atoms. The SMILES string of the molecule is [Br-].c1ccc(-c2c[n+]3c(n2-c2ccc4c(c2)OCCCO4)SCC3)cc1. The average molecular weight is 431 g/mol. The molecule has 6 heteroatoms. The quantitative estimate of drug-likeness (QED) is 0.560. The molecule has 0 amide bonds. The molecule has 3 aromatic rings. The Kier molecular flexibility index (Phi) is 4.96. The Bertz CT molecular complexity index is 927. The number of thioether (sulfide) groups is 1. The minimum Gasteiger partial charge on any atom is -1.00 e. The molecule has 1 aromatic heterocycles. The minimum atomic E-state index is 0. The van der Waals surface area contributed by atoms with Crippen molar-refractivity contribution in [3.05, 3.63) is 54.7 Å². The largest absolute Gasteiger partial charge is 1.00 e. The highest BCUT2D eigenvalue weighted by atomic mass is 79.9. The lowest BCUT2D eigenvalue weighted by molar-refractivity contribution is -0.723. The molecule has 2 aromatic carbocycles. The van der Waals surface area contributed by atoms with Crippen LogP contribution in [0.25, 0.3) is 16.9 Å². The maximum absolute atomic E-state index is 5.90. The normalized spacial score (nSPS) is 15.1. The highest BCUT2D eigenvalue weighted by Crippen LogP contribution is 2.36. The van der Waals surface area contributed by atoms with E-state index in [0.29, 0.717) is 13.2 Å². The lowest BCUT2D eigenvalue weighted by Crippen LogP contribution is -3.00. The summed E-state index contributed by atoms with van der Waals surface area (Å²) in [5, 5.41) is 1.27. The first-order valence-corrected chi connectivity index (χ1v) is 9.62. The Labute approximate surface area is 167 Å². The van der Waals surface area contributed by atoms with Crippen LogP contribution in [-0.4, -0.2) is 23.5 Å². The first-order valence-electron chi connectivity index (χ1n) is 8.63. The number of benzene rings is 2. The molecule has 0 saturated heterocycles. The molecule has 26 heavy (non-hydrogen) atoms. The zero-order valence-corrected chi connectivity index (χ0v) is 16.6. The summed E-state index contributed by atoms with van der Waals surface area (Å²) in [7, 11) is 0. The van der Waals surface area contributed by atoms with Gasteiger partial charge in [0.1, 0.15) is 18.4 Å². The summed E-state index contributed by atoms with van der Waals surface area (Å²) >= 11 is 1.90. The Morgan fingerprint density at radius 2 is 1.77 bits per heavy atom. The van der Waals surface area contributed by atoms with Gasteiger partial charge in [-0.1, -0.05) is 30.3 Å². The third-order valence-electron chi connectivity index (χ3n) is 4.58. The van der Waals surface area contributed by atoms with Crippen LogP contribution >= 0.6 is 11.8 Å². The maximum Gasteiger partial charge on any atom is 0.323 e. The third kappa shape index (κ3) is 3.01. The first kappa shape index (κ1) is 17.5. The fraction of sp³-hybridized carbons (Fsp3) is 0.250. The standard InChI is InChI=1S/C20H19N2O2S.BrH/c1-2-5-15(6-3-1)17-14-21-9-12-25-20(21)22(17)16-7-8-18-19(13-16)24-11-4-10-23-18;/h1-3,5-8,13-14H,4,9-12H2;1H/q+1;/p-1. The van der Waals surface area contributed by atoms with Gasteiger partial charge in [-0.25, -0.2) is 4.57 Å². The fourth-order valence-corrected chi connectivity index (χ4v) is 4.50. The summed E-state index contributed by atoms with van der Waals surface area (Å²) < 4.78 is 16.4. The van der Waals surface area contributed by atoms with Crippen LogP contribution in [0.2, 0.25) is 0 Å². The topological polar surface area (TPSA) is 27.3 Å². The summed E-state index contributed by atoms with van der Waals surface area (Å²) in [6.07, 6.45) is 3.18. The number of nitrogens with zero attached hydrogens (tertiary/aromatic N) is 2. The van der Waals surface area contributed by atoms with E-state index in [9.17, 15) is 0 Å². The van der Waals surface area contributed by atoms with E-state index in [1.54, 1.807) is 0 Å². The molecule has 4 nitrogen and oxygen atoms in total. The van der Waals surface area contributed by atoms with Crippen molar-refractivity contribution >= 4 is 11.8 Å². The molecule has 0 unspecified atom stereocenters. The van der Waals surface area contributed by atoms with E-state index < -0.39 is 0 Å². The van der Waals surface area contributed by atoms with Crippen LogP contribution < -0.4 is 31.0 Å². The van der Waals surface area contributed by atoms with Crippen LogP contribution in [0.5, 0.6) is 11.5 Å². The summed E-state index contributed by atoms with van der Waals surface area (Å²) in [6, 6.07) is 16.8. The van der Waals surface area contributed by atoms with Crippen molar-refractivity contribution in [3.8, 4) is 28.4 Å². The van der Waals surface area contributed by atoms with E-state index in [1.807, 2.05) is 17.8 Å². The van der Waals surface area contributed by atoms with Crippen LogP contribution in [-0.2, 0) is 6.54 Å². The predicted molar refractivity (Wildman–Crippen MR) is 97.7 cm³/mol. The Morgan fingerprint density at radius 1 is 0.962 bits per heavy atom. The molecule has 3 heterocycles. The smallest absolute Gasteiger partial charge is 0.323 e. The average Bonchev–Trinajstić information content (AvgIpc) is 3.16. The van der Waals surface area contributed by atoms with Gasteiger partial charge in [0.05, 0.1) is 13.2 Å². The molecule has 0 N–H and O–H groups in total. The van der Waals surface area contributed by atoms with Gasteiger partial charge in [0, 0.05) is 23.8 Å². The first-order chi connectivity index (χ1) is 12.4. The maximum atomic E-state index is 5.90. The van der Waals surface area contributed by atoms with E-state index in [4.69, 9.17) is 9.47 Å². The van der Waals surface area contributed by atoms with Gasteiger partial charge in [-0.3, -0.25) is 0 Å². The minimum absolute atomic E-state index is 0. The molecule has 0 atom stereocenters. The Hall–Kier alpha value is -1.92. The second-order valence-corrected chi connectivity index (χ2v) is 7.28. The van der Waals surface area contributed by atoms with Gasteiger partial charge in [0.2, 0.25) is 0 Å². The second-order valence-electron chi connectivity index (χ2n) is 6.22. The van der Waals surface area contributed by atoms with Gasteiger partial charge in [-0.05, 0) is 23.9 Å². The molecular weight excluding hydrogens is 412 g/mol. The number of imidazole rings is 1. The number of rotatable bonds is 2. The number of aryl methyl sites for hydroxylation is 1. The number of fused-ring (bicyclic) bond motifs is 2. The van der Waals surface area contributed by atoms with Gasteiger partial charge in [-0.15, -0.1) is 0 Å². The molecule has 2 aliphatic heterocycles. The van der Waals surface area contributed by atoms with Crippen LogP contribution in [0.3, 0.4) is 0 Å². The van der Waals surface area contributed by atoms with Crippen molar-refractivity contribution in [2.45, 2.75) is 18.1 Å². The Morgan fingerprint density at radius 3 is 2.62 bits per heavy atom. The zero-order valence-electron chi connectivity index (χ0n) is 14.2. The van der Waals surface area contributed by atoms with Gasteiger partial charge in [-0.2, -0.15) is 4.57 Å². The zero-order chi connectivity index (χ0) is 16.6. The van der Waals surface area contributed by atoms with Crippen LogP contribution in [0.15, 0.2) is 59.9 Å². The molecule has 0 fully saturated rings. The molecule has 0 radical (unpaired) electrons. The van der Waals surface area contributed by atoms with Crippen LogP contribution in [0.1, 0.15) is 6.42 Å². The lowest BCUT2D eigenvalue weighted by atomic mass is 10.1. The number of halogens is 1.